The van der Waals surface area contributed by atoms with E-state index in [0.717, 1.165) is 11.3 Å². The summed E-state index contributed by atoms with van der Waals surface area (Å²) < 4.78 is 2.64. The summed E-state index contributed by atoms with van der Waals surface area (Å²) in [5.41, 5.74) is 10.8. The van der Waals surface area contributed by atoms with Crippen molar-refractivity contribution in [3.63, 3.8) is 0 Å². The predicted molar refractivity (Wildman–Crippen MR) is 237 cm³/mol. The highest BCUT2D eigenvalue weighted by Gasteiger charge is 2.25. The Bertz CT molecular complexity index is 2610. The van der Waals surface area contributed by atoms with Crippen molar-refractivity contribution in [1.82, 2.24) is 10.3 Å². The predicted octanol–water partition coefficient (Wildman–Crippen LogP) is 12.1. The van der Waals surface area contributed by atoms with Gasteiger partial charge in [0.15, 0.2) is 0 Å². The van der Waals surface area contributed by atoms with Gasteiger partial charge < -0.3 is 5.32 Å². The summed E-state index contributed by atoms with van der Waals surface area (Å²) in [6, 6.07) is 64.8. The average molecular weight is 745 g/mol. The molecular weight excluding hydrogens is 701 g/mol. The minimum Gasteiger partial charge on any atom is -0.378 e. The maximum Gasteiger partial charge on any atom is 0.0996 e. The van der Waals surface area contributed by atoms with Crippen molar-refractivity contribution in [3.05, 3.63) is 228 Å². The van der Waals surface area contributed by atoms with Gasteiger partial charge in [0.2, 0.25) is 0 Å². The molecule has 1 aromatic heterocycles. The zero-order chi connectivity index (χ0) is 37.7. The fraction of sp³-hybridized carbons (Fsp3) is 0.0980. The highest BCUT2D eigenvalue weighted by atomic mass is 32.1. The fourth-order valence-corrected chi connectivity index (χ4v) is 9.15. The van der Waals surface area contributed by atoms with Crippen LogP contribution in [0.2, 0.25) is 0 Å². The van der Waals surface area contributed by atoms with Crippen LogP contribution in [-0.2, 0) is 13.1 Å². The number of nitrogens with two attached hydrogens (primary N) is 1. The van der Waals surface area contributed by atoms with E-state index in [1.807, 2.05) is 28.5 Å². The normalized spacial score (nSPS) is 15.9. The van der Waals surface area contributed by atoms with Crippen molar-refractivity contribution in [2.75, 3.05) is 5.32 Å². The number of hydrazine groups is 1. The Labute approximate surface area is 333 Å². The van der Waals surface area contributed by atoms with Crippen LogP contribution in [-0.4, -0.2) is 11.1 Å². The molecule has 1 heterocycles. The number of rotatable bonds is 12. The molecule has 3 atom stereocenters. The van der Waals surface area contributed by atoms with Crippen LogP contribution in [0.15, 0.2) is 200 Å². The van der Waals surface area contributed by atoms with E-state index in [0.29, 0.717) is 13.1 Å². The first-order valence-corrected chi connectivity index (χ1v) is 20.1. The molecule has 0 fully saturated rings. The molecule has 0 amide bonds. The highest BCUT2D eigenvalue weighted by molar-refractivity contribution is 7.26. The van der Waals surface area contributed by atoms with E-state index in [1.54, 1.807) is 0 Å². The molecule has 4 nitrogen and oxygen atoms in total. The summed E-state index contributed by atoms with van der Waals surface area (Å²) in [4.78, 5) is 0. The lowest BCUT2D eigenvalue weighted by Crippen LogP contribution is -2.42. The molecule has 0 aliphatic heterocycles. The zero-order valence-electron chi connectivity index (χ0n) is 31.1. The van der Waals surface area contributed by atoms with Crippen molar-refractivity contribution in [3.8, 4) is 11.1 Å². The Morgan fingerprint density at radius 1 is 0.625 bits per heavy atom. The van der Waals surface area contributed by atoms with Crippen molar-refractivity contribution < 1.29 is 0 Å². The minimum atomic E-state index is -0.191. The van der Waals surface area contributed by atoms with Crippen LogP contribution in [0, 0.1) is 0 Å². The number of thiophene rings is 1. The van der Waals surface area contributed by atoms with Crippen LogP contribution in [0.4, 0.5) is 5.69 Å². The summed E-state index contributed by atoms with van der Waals surface area (Å²) in [6.07, 6.45) is 6.95. The van der Waals surface area contributed by atoms with E-state index in [1.165, 1.54) is 59.1 Å². The lowest BCUT2D eigenvalue weighted by molar-refractivity contribution is 0.158. The van der Waals surface area contributed by atoms with Gasteiger partial charge in [0.1, 0.15) is 0 Å². The molecular formula is C51H44N4S. The van der Waals surface area contributed by atoms with Crippen molar-refractivity contribution in [2.45, 2.75) is 31.2 Å². The first-order valence-electron chi connectivity index (χ1n) is 19.3. The van der Waals surface area contributed by atoms with Crippen LogP contribution >= 0.6 is 11.3 Å². The number of hydrogen-bond acceptors (Lipinski definition) is 5. The summed E-state index contributed by atoms with van der Waals surface area (Å²) in [7, 11) is 0. The van der Waals surface area contributed by atoms with Gasteiger partial charge in [-0.05, 0) is 62.7 Å². The van der Waals surface area contributed by atoms with Gasteiger partial charge in [-0.3, -0.25) is 11.2 Å². The van der Waals surface area contributed by atoms with E-state index in [-0.39, 0.29) is 18.1 Å². The number of nitrogens with one attached hydrogen (secondary N) is 2. The van der Waals surface area contributed by atoms with Gasteiger partial charge >= 0.3 is 0 Å². The van der Waals surface area contributed by atoms with Crippen molar-refractivity contribution >= 4 is 42.8 Å². The highest BCUT2D eigenvalue weighted by Crippen LogP contribution is 2.41. The summed E-state index contributed by atoms with van der Waals surface area (Å²) in [5.74, 6) is 6.97. The van der Waals surface area contributed by atoms with E-state index >= 15 is 0 Å². The molecule has 7 aromatic carbocycles. The van der Waals surface area contributed by atoms with E-state index in [9.17, 15) is 0 Å². The molecule has 5 heteroatoms. The van der Waals surface area contributed by atoms with Gasteiger partial charge in [0.25, 0.3) is 0 Å². The lowest BCUT2D eigenvalue weighted by Gasteiger charge is -2.30. The quantitative estimate of drug-likeness (QED) is 0.0662. The number of anilines is 1. The number of allylic oxidation sites excluding steroid dienone is 2. The Kier molecular flexibility index (Phi) is 10.4. The third-order valence-corrected chi connectivity index (χ3v) is 12.0. The lowest BCUT2D eigenvalue weighted by atomic mass is 9.83. The summed E-state index contributed by atoms with van der Waals surface area (Å²) >= 11 is 1.88. The fourth-order valence-electron chi connectivity index (χ4n) is 7.92. The molecule has 1 aliphatic carbocycles. The molecule has 3 unspecified atom stereocenters. The number of nitrogens with zero attached hydrogens (tertiary/aromatic N) is 1. The van der Waals surface area contributed by atoms with Crippen LogP contribution < -0.4 is 16.5 Å². The second-order valence-electron chi connectivity index (χ2n) is 14.5. The summed E-state index contributed by atoms with van der Waals surface area (Å²) in [6.45, 7) is 1.32. The largest absolute Gasteiger partial charge is 0.378 e. The standard InChI is InChI=1S/C51H44N4S/c52-55(35-37-16-6-2-7-17-37)51(53-34-36-14-4-1-5-15-36)39-26-29-43(30-27-39)54-48-33-42(45-23-13-24-47-46-22-10-11-25-49(46)56-50(45)47)28-31-44(48)41-21-12-20-40(32-41)38-18-8-3-9-19-38/h1-33,44,48,51,53-54H,34-35,52H2. The zero-order valence-corrected chi connectivity index (χ0v) is 31.9. The van der Waals surface area contributed by atoms with Crippen molar-refractivity contribution in [1.29, 1.82) is 0 Å². The number of fused-ring (bicyclic) bond motifs is 3. The van der Waals surface area contributed by atoms with Crippen LogP contribution in [0.1, 0.15) is 39.9 Å². The van der Waals surface area contributed by atoms with Crippen LogP contribution in [0.3, 0.4) is 0 Å². The smallest absolute Gasteiger partial charge is 0.0996 e. The van der Waals surface area contributed by atoms with E-state index in [4.69, 9.17) is 5.84 Å². The Balaban J connectivity index is 1.04. The van der Waals surface area contributed by atoms with Crippen LogP contribution in [0.5, 0.6) is 0 Å². The Morgan fingerprint density at radius 3 is 2.07 bits per heavy atom. The molecule has 56 heavy (non-hydrogen) atoms. The van der Waals surface area contributed by atoms with Crippen molar-refractivity contribution in [2.24, 2.45) is 5.84 Å². The first-order chi connectivity index (χ1) is 27.7. The average Bonchev–Trinajstić information content (AvgIpc) is 3.64. The monoisotopic (exact) mass is 744 g/mol. The van der Waals surface area contributed by atoms with E-state index < -0.39 is 0 Å². The number of hydrogen-bond donors (Lipinski definition) is 3. The molecule has 8 aromatic rings. The van der Waals surface area contributed by atoms with Gasteiger partial charge in [0.05, 0.1) is 12.2 Å². The molecule has 0 bridgehead atoms. The Hall–Kier alpha value is -6.08. The molecule has 0 saturated heterocycles. The molecule has 4 N–H and O–H groups in total. The van der Waals surface area contributed by atoms with Gasteiger partial charge in [-0.2, -0.15) is 0 Å². The minimum absolute atomic E-state index is 0.00704. The van der Waals surface area contributed by atoms with Crippen LogP contribution in [0.25, 0.3) is 36.9 Å². The third-order valence-electron chi connectivity index (χ3n) is 10.8. The molecule has 274 valence electrons. The molecule has 0 radical (unpaired) electrons. The second kappa shape index (κ2) is 16.3. The van der Waals surface area contributed by atoms with Gasteiger partial charge in [-0.15, -0.1) is 11.3 Å². The molecule has 9 rings (SSSR count). The van der Waals surface area contributed by atoms with E-state index in [2.05, 4.69) is 199 Å². The topological polar surface area (TPSA) is 53.3 Å². The first kappa shape index (κ1) is 35.6. The maximum absolute atomic E-state index is 6.85. The maximum atomic E-state index is 6.85. The van der Waals surface area contributed by atoms with Gasteiger partial charge in [-0.25, -0.2) is 5.01 Å². The SMILES string of the molecule is NN(Cc1ccccc1)C(NCc1ccccc1)c1ccc(NC2C=C(c3cccc4c3sc3ccccc34)C=CC2c2cccc(-c3ccccc3)c2)cc1. The summed E-state index contributed by atoms with van der Waals surface area (Å²) in [5, 5.41) is 12.2. The molecule has 0 saturated carbocycles. The Morgan fingerprint density at radius 2 is 1.29 bits per heavy atom. The van der Waals surface area contributed by atoms with Gasteiger partial charge in [0, 0.05) is 44.9 Å². The van der Waals surface area contributed by atoms with Gasteiger partial charge in [-0.1, -0.05) is 182 Å². The number of benzene rings is 7. The second-order valence-corrected chi connectivity index (χ2v) is 15.6. The molecule has 1 aliphatic rings. The molecule has 0 spiro atoms. The third kappa shape index (κ3) is 7.72.